The maximum Gasteiger partial charge on any atom is 0.410 e. The molecule has 2 saturated heterocycles. The number of hydrogen-bond donors (Lipinski definition) is 0. The van der Waals surface area contributed by atoms with E-state index in [4.69, 9.17) is 14.5 Å². The fourth-order valence-corrected chi connectivity index (χ4v) is 5.62. The van der Waals surface area contributed by atoms with E-state index >= 15 is 0 Å². The van der Waals surface area contributed by atoms with Crippen LogP contribution in [0.4, 0.5) is 10.5 Å². The molecule has 5 rings (SSSR count). The van der Waals surface area contributed by atoms with Gasteiger partial charge in [-0.3, -0.25) is 4.98 Å². The average molecular weight is 594 g/mol. The molecule has 9 heteroatoms. The minimum absolute atomic E-state index is 0.151. The molecule has 1 aliphatic carbocycles. The van der Waals surface area contributed by atoms with Gasteiger partial charge in [0.1, 0.15) is 14.8 Å². The van der Waals surface area contributed by atoms with Crippen molar-refractivity contribution in [3.05, 3.63) is 40.2 Å². The number of ether oxygens (including phenoxy) is 2. The molecule has 0 radical (unpaired) electrons. The molecule has 1 atom stereocenters. The maximum atomic E-state index is 13.2. The summed E-state index contributed by atoms with van der Waals surface area (Å²) in [5.41, 5.74) is 1.32. The molecule has 2 aliphatic heterocycles. The number of pyridine rings is 1. The standard InChI is InChI=1S/C26H36IN5O3/c1-25(2,3)35-24(33)32(13-19-6-4-7-19)21-8-5-11-30(14-21)20-9-10-22(28-12-20)26(16-34-17-26)31-15-23(27)29-18-31/h9-10,12,15,18-19,21H,4-8,11,13-14,16-17H2,1-3H3/t21-/m1/s1. The predicted octanol–water partition coefficient (Wildman–Crippen LogP) is 4.66. The lowest BCUT2D eigenvalue weighted by atomic mass is 9.84. The summed E-state index contributed by atoms with van der Waals surface area (Å²) in [5.74, 6) is 0.603. The second-order valence-electron chi connectivity index (χ2n) is 11.2. The Morgan fingerprint density at radius 3 is 2.57 bits per heavy atom. The van der Waals surface area contributed by atoms with Gasteiger partial charge in [0.25, 0.3) is 0 Å². The molecule has 0 bridgehead atoms. The molecule has 35 heavy (non-hydrogen) atoms. The van der Waals surface area contributed by atoms with Crippen LogP contribution in [-0.4, -0.2) is 70.0 Å². The third-order valence-electron chi connectivity index (χ3n) is 7.46. The first kappa shape index (κ1) is 24.8. The summed E-state index contributed by atoms with van der Waals surface area (Å²) in [6, 6.07) is 4.43. The summed E-state index contributed by atoms with van der Waals surface area (Å²) in [6.45, 7) is 9.61. The van der Waals surface area contributed by atoms with Crippen LogP contribution < -0.4 is 4.90 Å². The topological polar surface area (TPSA) is 72.7 Å². The van der Waals surface area contributed by atoms with E-state index < -0.39 is 5.60 Å². The van der Waals surface area contributed by atoms with Crippen LogP contribution in [-0.2, 0) is 15.0 Å². The van der Waals surface area contributed by atoms with Gasteiger partial charge in [-0.15, -0.1) is 0 Å². The summed E-state index contributed by atoms with van der Waals surface area (Å²) < 4.78 is 14.5. The number of nitrogens with zero attached hydrogens (tertiary/aromatic N) is 5. The molecule has 0 N–H and O–H groups in total. The largest absolute Gasteiger partial charge is 0.444 e. The van der Waals surface area contributed by atoms with Crippen molar-refractivity contribution in [2.75, 3.05) is 37.7 Å². The average Bonchev–Trinajstić information content (AvgIpc) is 3.18. The van der Waals surface area contributed by atoms with Crippen molar-refractivity contribution < 1.29 is 14.3 Å². The second kappa shape index (κ2) is 9.88. The van der Waals surface area contributed by atoms with Gasteiger partial charge in [-0.1, -0.05) is 6.42 Å². The molecule has 3 fully saturated rings. The minimum atomic E-state index is -0.489. The van der Waals surface area contributed by atoms with Crippen molar-refractivity contribution in [2.45, 2.75) is 70.1 Å². The molecule has 0 aromatic carbocycles. The van der Waals surface area contributed by atoms with Crippen LogP contribution in [0.3, 0.4) is 0 Å². The Morgan fingerprint density at radius 2 is 2.03 bits per heavy atom. The summed E-state index contributed by atoms with van der Waals surface area (Å²) in [4.78, 5) is 26.8. The lowest BCUT2D eigenvalue weighted by Gasteiger charge is -2.43. The molecule has 1 amide bonds. The highest BCUT2D eigenvalue weighted by atomic mass is 127. The van der Waals surface area contributed by atoms with Gasteiger partial charge < -0.3 is 23.8 Å². The zero-order valence-corrected chi connectivity index (χ0v) is 23.1. The first-order valence-electron chi connectivity index (χ1n) is 12.7. The molecular formula is C26H36IN5O3. The number of halogens is 1. The zero-order valence-electron chi connectivity index (χ0n) is 21.0. The molecule has 4 heterocycles. The van der Waals surface area contributed by atoms with Gasteiger partial charge in [0.05, 0.1) is 43.2 Å². The number of hydrogen-bond acceptors (Lipinski definition) is 6. The molecule has 8 nitrogen and oxygen atoms in total. The van der Waals surface area contributed by atoms with Crippen LogP contribution in [0.2, 0.25) is 0 Å². The number of carbonyl (C=O) groups is 1. The minimum Gasteiger partial charge on any atom is -0.444 e. The van der Waals surface area contributed by atoms with Crippen molar-refractivity contribution in [3.63, 3.8) is 0 Å². The smallest absolute Gasteiger partial charge is 0.410 e. The number of rotatable bonds is 6. The van der Waals surface area contributed by atoms with Gasteiger partial charge >= 0.3 is 6.09 Å². The lowest BCUT2D eigenvalue weighted by Crippen LogP contribution is -2.53. The van der Waals surface area contributed by atoms with Crippen LogP contribution in [0.25, 0.3) is 0 Å². The van der Waals surface area contributed by atoms with E-state index in [2.05, 4.69) is 49.2 Å². The van der Waals surface area contributed by atoms with Crippen LogP contribution in [0.5, 0.6) is 0 Å². The van der Waals surface area contributed by atoms with E-state index in [1.165, 1.54) is 19.3 Å². The maximum absolute atomic E-state index is 13.2. The summed E-state index contributed by atoms with van der Waals surface area (Å²) in [5, 5.41) is 0. The van der Waals surface area contributed by atoms with E-state index in [0.29, 0.717) is 19.1 Å². The van der Waals surface area contributed by atoms with Crippen molar-refractivity contribution in [3.8, 4) is 0 Å². The predicted molar refractivity (Wildman–Crippen MR) is 143 cm³/mol. The number of aromatic nitrogens is 3. The SMILES string of the molecule is CC(C)(C)OC(=O)N(CC1CCC1)[C@@H]1CCCN(c2ccc(C3(n4cnc(I)c4)COC3)nc2)C1. The van der Waals surface area contributed by atoms with Gasteiger partial charge in [0.2, 0.25) is 0 Å². The van der Waals surface area contributed by atoms with Crippen LogP contribution >= 0.6 is 22.6 Å². The molecule has 2 aromatic rings. The quantitative estimate of drug-likeness (QED) is 0.454. The molecule has 190 valence electrons. The zero-order chi connectivity index (χ0) is 24.6. The molecular weight excluding hydrogens is 557 g/mol. The van der Waals surface area contributed by atoms with E-state index in [1.54, 1.807) is 0 Å². The first-order valence-corrected chi connectivity index (χ1v) is 13.8. The number of imidazole rings is 1. The van der Waals surface area contributed by atoms with Crippen LogP contribution in [0, 0.1) is 9.62 Å². The molecule has 1 saturated carbocycles. The molecule has 0 spiro atoms. The highest BCUT2D eigenvalue weighted by Crippen LogP contribution is 2.35. The Kier molecular flexibility index (Phi) is 7.00. The molecule has 3 aliphatic rings. The van der Waals surface area contributed by atoms with Crippen molar-refractivity contribution in [1.29, 1.82) is 0 Å². The van der Waals surface area contributed by atoms with Crippen molar-refractivity contribution >= 4 is 34.4 Å². The van der Waals surface area contributed by atoms with Gasteiger partial charge in [-0.05, 0) is 87.1 Å². The van der Waals surface area contributed by atoms with Crippen LogP contribution in [0.1, 0.15) is 58.6 Å². The van der Waals surface area contributed by atoms with E-state index in [-0.39, 0.29) is 17.7 Å². The van der Waals surface area contributed by atoms with Crippen molar-refractivity contribution in [1.82, 2.24) is 19.4 Å². The highest BCUT2D eigenvalue weighted by molar-refractivity contribution is 14.1. The second-order valence-corrected chi connectivity index (χ2v) is 12.3. The monoisotopic (exact) mass is 593 g/mol. The van der Waals surface area contributed by atoms with Crippen LogP contribution in [0.15, 0.2) is 30.9 Å². The van der Waals surface area contributed by atoms with E-state index in [1.807, 2.05) is 44.4 Å². The Labute approximate surface area is 221 Å². The third-order valence-corrected chi connectivity index (χ3v) is 8.02. The Balaban J connectivity index is 1.31. The first-order chi connectivity index (χ1) is 16.7. The molecule has 0 unspecified atom stereocenters. The number of amides is 1. The highest BCUT2D eigenvalue weighted by Gasteiger charge is 2.44. The number of piperidine rings is 1. The fraction of sp³-hybridized carbons (Fsp3) is 0.654. The van der Waals surface area contributed by atoms with E-state index in [0.717, 1.165) is 47.6 Å². The summed E-state index contributed by atoms with van der Waals surface area (Å²) in [6.07, 6.45) is 11.5. The normalized spacial score (nSPS) is 22.3. The third kappa shape index (κ3) is 5.30. The fourth-order valence-electron chi connectivity index (χ4n) is 5.20. The Bertz CT molecular complexity index is 1030. The lowest BCUT2D eigenvalue weighted by molar-refractivity contribution is -0.0784. The summed E-state index contributed by atoms with van der Waals surface area (Å²) >= 11 is 2.23. The van der Waals surface area contributed by atoms with Gasteiger partial charge in [-0.25, -0.2) is 9.78 Å². The molecule has 2 aromatic heterocycles. The number of anilines is 1. The van der Waals surface area contributed by atoms with E-state index in [9.17, 15) is 4.79 Å². The van der Waals surface area contributed by atoms with Crippen molar-refractivity contribution in [2.24, 2.45) is 5.92 Å². The van der Waals surface area contributed by atoms with Gasteiger partial charge in [0.15, 0.2) is 0 Å². The van der Waals surface area contributed by atoms with Gasteiger partial charge in [0, 0.05) is 25.8 Å². The number of carbonyl (C=O) groups excluding carboxylic acids is 1. The Hall–Kier alpha value is -1.88. The summed E-state index contributed by atoms with van der Waals surface area (Å²) in [7, 11) is 0. The Morgan fingerprint density at radius 1 is 1.23 bits per heavy atom. The van der Waals surface area contributed by atoms with Gasteiger partial charge in [-0.2, -0.15) is 0 Å².